The maximum absolute atomic E-state index is 5.94. The van der Waals surface area contributed by atoms with Crippen LogP contribution in [0.2, 0.25) is 0 Å². The Morgan fingerprint density at radius 1 is 1.38 bits per heavy atom. The van der Waals surface area contributed by atoms with Crippen molar-refractivity contribution < 1.29 is 0 Å². The number of halogens is 2. The van der Waals surface area contributed by atoms with Gasteiger partial charge >= 0.3 is 0 Å². The Morgan fingerprint density at radius 3 is 2.81 bits per heavy atom. The molecule has 0 saturated carbocycles. The van der Waals surface area contributed by atoms with Crippen LogP contribution in [0, 0.1) is 0 Å². The average molecular weight is 263 g/mol. The summed E-state index contributed by atoms with van der Waals surface area (Å²) in [5, 5.41) is 3.50. The highest BCUT2D eigenvalue weighted by Gasteiger charge is 2.18. The first-order chi connectivity index (χ1) is 6.81. The van der Waals surface area contributed by atoms with Crippen molar-refractivity contribution in [2.24, 2.45) is 0 Å². The standard InChI is InChI=1S/C12H18N2.2ClH/c1-2-14-10-6-7-11-9(8-10)4-3-5-12(11)13;;/h3-5,10,14H,2,6-8,13H2,1H3;2*1H. The number of nitrogens with one attached hydrogen (secondary N) is 1. The van der Waals surface area contributed by atoms with Crippen LogP contribution >= 0.6 is 24.8 Å². The van der Waals surface area contributed by atoms with Crippen LogP contribution in [-0.4, -0.2) is 12.6 Å². The molecule has 92 valence electrons. The summed E-state index contributed by atoms with van der Waals surface area (Å²) in [4.78, 5) is 0. The molecule has 16 heavy (non-hydrogen) atoms. The Balaban J connectivity index is 0.00000112. The van der Waals surface area contributed by atoms with Gasteiger partial charge in [-0.3, -0.25) is 0 Å². The first-order valence-corrected chi connectivity index (χ1v) is 5.41. The number of benzene rings is 1. The second kappa shape index (κ2) is 7.00. The number of hydrogen-bond acceptors (Lipinski definition) is 2. The van der Waals surface area contributed by atoms with Crippen molar-refractivity contribution in [3.63, 3.8) is 0 Å². The quantitative estimate of drug-likeness (QED) is 0.805. The zero-order chi connectivity index (χ0) is 9.97. The molecule has 2 rings (SSSR count). The molecular formula is C12H20Cl2N2. The van der Waals surface area contributed by atoms with E-state index in [2.05, 4.69) is 24.4 Å². The number of likely N-dealkylation sites (N-methyl/N-ethyl adjacent to an activating group) is 1. The van der Waals surface area contributed by atoms with Gasteiger partial charge in [0.15, 0.2) is 0 Å². The van der Waals surface area contributed by atoms with Crippen molar-refractivity contribution >= 4 is 30.5 Å². The summed E-state index contributed by atoms with van der Waals surface area (Å²) in [6.07, 6.45) is 3.48. The lowest BCUT2D eigenvalue weighted by Gasteiger charge is -2.26. The van der Waals surface area contributed by atoms with Crippen molar-refractivity contribution in [3.8, 4) is 0 Å². The maximum atomic E-state index is 5.94. The van der Waals surface area contributed by atoms with Gasteiger partial charge in [-0.1, -0.05) is 19.1 Å². The molecule has 1 aliphatic rings. The van der Waals surface area contributed by atoms with Crippen LogP contribution in [0.1, 0.15) is 24.5 Å². The zero-order valence-corrected chi connectivity index (χ0v) is 11.2. The summed E-state index contributed by atoms with van der Waals surface area (Å²) in [6, 6.07) is 6.92. The van der Waals surface area contributed by atoms with Gasteiger partial charge in [0.1, 0.15) is 0 Å². The molecule has 2 nitrogen and oxygen atoms in total. The topological polar surface area (TPSA) is 38.0 Å². The summed E-state index contributed by atoms with van der Waals surface area (Å²) in [5.41, 5.74) is 9.72. The van der Waals surface area contributed by atoms with E-state index in [0.29, 0.717) is 6.04 Å². The summed E-state index contributed by atoms with van der Waals surface area (Å²) < 4.78 is 0. The van der Waals surface area contributed by atoms with Gasteiger partial charge in [-0.05, 0) is 43.0 Å². The number of nitrogen functional groups attached to an aromatic ring is 1. The minimum atomic E-state index is 0. The molecule has 0 fully saturated rings. The molecule has 1 atom stereocenters. The van der Waals surface area contributed by atoms with E-state index < -0.39 is 0 Å². The lowest BCUT2D eigenvalue weighted by molar-refractivity contribution is 0.471. The molecule has 1 unspecified atom stereocenters. The van der Waals surface area contributed by atoms with E-state index in [9.17, 15) is 0 Å². The normalized spacial score (nSPS) is 17.9. The smallest absolute Gasteiger partial charge is 0.0349 e. The molecule has 0 amide bonds. The monoisotopic (exact) mass is 262 g/mol. The fourth-order valence-electron chi connectivity index (χ4n) is 2.30. The van der Waals surface area contributed by atoms with Crippen molar-refractivity contribution in [1.29, 1.82) is 0 Å². The second-order valence-corrected chi connectivity index (χ2v) is 3.98. The van der Waals surface area contributed by atoms with Crippen molar-refractivity contribution in [1.82, 2.24) is 5.32 Å². The van der Waals surface area contributed by atoms with Gasteiger partial charge in [0, 0.05) is 11.7 Å². The molecule has 0 saturated heterocycles. The van der Waals surface area contributed by atoms with E-state index >= 15 is 0 Å². The molecule has 0 spiro atoms. The highest BCUT2D eigenvalue weighted by Crippen LogP contribution is 2.25. The average Bonchev–Trinajstić information content (AvgIpc) is 2.18. The van der Waals surface area contributed by atoms with Crippen molar-refractivity contribution in [3.05, 3.63) is 29.3 Å². The van der Waals surface area contributed by atoms with Crippen molar-refractivity contribution in [2.45, 2.75) is 32.2 Å². The third-order valence-electron chi connectivity index (χ3n) is 3.01. The molecule has 0 aliphatic heterocycles. The second-order valence-electron chi connectivity index (χ2n) is 3.98. The Morgan fingerprint density at radius 2 is 2.12 bits per heavy atom. The van der Waals surface area contributed by atoms with Crippen LogP contribution in [0.25, 0.3) is 0 Å². The maximum Gasteiger partial charge on any atom is 0.0349 e. The minimum absolute atomic E-state index is 0. The molecule has 0 heterocycles. The predicted molar refractivity (Wildman–Crippen MR) is 74.8 cm³/mol. The third-order valence-corrected chi connectivity index (χ3v) is 3.01. The van der Waals surface area contributed by atoms with Gasteiger partial charge in [0.05, 0.1) is 0 Å². The lowest BCUT2D eigenvalue weighted by atomic mass is 9.87. The van der Waals surface area contributed by atoms with Crippen LogP contribution < -0.4 is 11.1 Å². The lowest BCUT2D eigenvalue weighted by Crippen LogP contribution is -2.34. The van der Waals surface area contributed by atoms with Gasteiger partial charge in [0.2, 0.25) is 0 Å². The van der Waals surface area contributed by atoms with Gasteiger partial charge in [-0.2, -0.15) is 0 Å². The predicted octanol–water partition coefficient (Wildman–Crippen LogP) is 2.58. The fourth-order valence-corrected chi connectivity index (χ4v) is 2.30. The number of nitrogens with two attached hydrogens (primary N) is 1. The van der Waals surface area contributed by atoms with Crippen LogP contribution in [0.5, 0.6) is 0 Å². The summed E-state index contributed by atoms with van der Waals surface area (Å²) in [6.45, 7) is 3.22. The molecule has 0 aromatic heterocycles. The van der Waals surface area contributed by atoms with Gasteiger partial charge < -0.3 is 11.1 Å². The zero-order valence-electron chi connectivity index (χ0n) is 9.53. The van der Waals surface area contributed by atoms with Crippen LogP contribution in [0.3, 0.4) is 0 Å². The summed E-state index contributed by atoms with van der Waals surface area (Å²) in [7, 11) is 0. The van der Waals surface area contributed by atoms with E-state index in [0.717, 1.165) is 25.1 Å². The highest BCUT2D eigenvalue weighted by atomic mass is 35.5. The fraction of sp³-hybridized carbons (Fsp3) is 0.500. The summed E-state index contributed by atoms with van der Waals surface area (Å²) in [5.74, 6) is 0. The number of rotatable bonds is 2. The van der Waals surface area contributed by atoms with Crippen LogP contribution in [0.15, 0.2) is 18.2 Å². The highest BCUT2D eigenvalue weighted by molar-refractivity contribution is 5.85. The van der Waals surface area contributed by atoms with E-state index in [1.165, 1.54) is 17.5 Å². The first-order valence-electron chi connectivity index (χ1n) is 5.41. The van der Waals surface area contributed by atoms with Crippen LogP contribution in [0.4, 0.5) is 5.69 Å². The Hall–Kier alpha value is -0.440. The molecular weight excluding hydrogens is 243 g/mol. The Bertz CT molecular complexity index is 329. The van der Waals surface area contributed by atoms with E-state index in [1.54, 1.807) is 0 Å². The molecule has 1 aromatic carbocycles. The summed E-state index contributed by atoms with van der Waals surface area (Å²) >= 11 is 0. The molecule has 4 heteroatoms. The Kier molecular flexibility index (Phi) is 6.81. The van der Waals surface area contributed by atoms with Crippen molar-refractivity contribution in [2.75, 3.05) is 12.3 Å². The first kappa shape index (κ1) is 15.6. The number of hydrogen-bond donors (Lipinski definition) is 2. The van der Waals surface area contributed by atoms with E-state index in [1.807, 2.05) is 6.07 Å². The number of fused-ring (bicyclic) bond motifs is 1. The largest absolute Gasteiger partial charge is 0.398 e. The Labute approximate surface area is 110 Å². The third kappa shape index (κ3) is 3.27. The van der Waals surface area contributed by atoms with E-state index in [-0.39, 0.29) is 24.8 Å². The molecule has 1 aromatic rings. The minimum Gasteiger partial charge on any atom is -0.398 e. The van der Waals surface area contributed by atoms with Gasteiger partial charge in [-0.15, -0.1) is 24.8 Å². The number of anilines is 1. The molecule has 1 aliphatic carbocycles. The SMILES string of the molecule is CCNC1CCc2c(N)cccc2C1.Cl.Cl. The van der Waals surface area contributed by atoms with Gasteiger partial charge in [-0.25, -0.2) is 0 Å². The van der Waals surface area contributed by atoms with Gasteiger partial charge in [0.25, 0.3) is 0 Å². The molecule has 3 N–H and O–H groups in total. The van der Waals surface area contributed by atoms with Crippen LogP contribution in [-0.2, 0) is 12.8 Å². The molecule has 0 bridgehead atoms. The molecule has 0 radical (unpaired) electrons. The van der Waals surface area contributed by atoms with E-state index in [4.69, 9.17) is 5.73 Å².